The van der Waals surface area contributed by atoms with Crippen LogP contribution in [0.15, 0.2) is 54.6 Å². The molecule has 0 radical (unpaired) electrons. The number of imide groups is 3. The van der Waals surface area contributed by atoms with Crippen LogP contribution in [0.5, 0.6) is 5.75 Å². The third-order valence-corrected chi connectivity index (χ3v) is 6.41. The summed E-state index contributed by atoms with van der Waals surface area (Å²) in [6, 6.07) is 14.6. The van der Waals surface area contributed by atoms with Crippen LogP contribution in [0.3, 0.4) is 0 Å². The van der Waals surface area contributed by atoms with Crippen LogP contribution < -0.4 is 11.5 Å². The number of phenols is 1. The van der Waals surface area contributed by atoms with Crippen LogP contribution in [0.4, 0.5) is 0 Å². The molecule has 2 rings (SSSR count). The Morgan fingerprint density at radius 3 is 2.20 bits per heavy atom. The molecule has 3 atom stereocenters. The zero-order valence-electron chi connectivity index (χ0n) is 20.1. The Morgan fingerprint density at radius 2 is 1.60 bits per heavy atom. The second-order valence-electron chi connectivity index (χ2n) is 8.42. The standard InChI is InChI=1S/C25H34N4O5S/c1-28(15-14-18-7-4-3-5-8-18)23(27)25(33)29(22(31)9-6-16-35(2)34)24(32)21(26)17-19-10-12-20(30)13-11-19/h3-5,7-8,10-13,21,23,30H,6,9,14-17,26-27H2,1-2H3. The van der Waals surface area contributed by atoms with Crippen LogP contribution in [0, 0.1) is 0 Å². The van der Waals surface area contributed by atoms with E-state index in [9.17, 15) is 23.7 Å². The lowest BCUT2D eigenvalue weighted by molar-refractivity contribution is -0.157. The number of hydrogen-bond acceptors (Lipinski definition) is 8. The number of benzene rings is 2. The van der Waals surface area contributed by atoms with Gasteiger partial charge in [-0.15, -0.1) is 0 Å². The Balaban J connectivity index is 2.14. The molecule has 3 amide bonds. The molecule has 0 aromatic heterocycles. The number of phenolic OH excluding ortho intramolecular Hbond substituents is 1. The van der Waals surface area contributed by atoms with E-state index in [1.807, 2.05) is 30.3 Å². The van der Waals surface area contributed by atoms with Crippen LogP contribution in [0.25, 0.3) is 0 Å². The maximum Gasteiger partial charge on any atom is 0.267 e. The van der Waals surface area contributed by atoms with E-state index in [0.717, 1.165) is 5.56 Å². The molecule has 0 fully saturated rings. The van der Waals surface area contributed by atoms with Gasteiger partial charge in [0.05, 0.1) is 6.04 Å². The van der Waals surface area contributed by atoms with Gasteiger partial charge in [-0.3, -0.25) is 23.5 Å². The number of nitrogens with two attached hydrogens (primary N) is 2. The van der Waals surface area contributed by atoms with Crippen molar-refractivity contribution in [2.75, 3.05) is 25.6 Å². The van der Waals surface area contributed by atoms with E-state index in [4.69, 9.17) is 11.5 Å². The summed E-state index contributed by atoms with van der Waals surface area (Å²) in [5, 5.41) is 9.45. The number of aromatic hydroxyl groups is 1. The number of nitrogens with zero attached hydrogens (tertiary/aromatic N) is 2. The van der Waals surface area contributed by atoms with Gasteiger partial charge in [0, 0.05) is 35.8 Å². The van der Waals surface area contributed by atoms with Crippen LogP contribution in [-0.4, -0.2) is 74.6 Å². The van der Waals surface area contributed by atoms with E-state index in [1.54, 1.807) is 24.1 Å². The number of carbonyl (C=O) groups excluding carboxylic acids is 3. The summed E-state index contributed by atoms with van der Waals surface area (Å²) in [4.78, 5) is 41.5. The fraction of sp³-hybridized carbons (Fsp3) is 0.400. The molecule has 0 aliphatic carbocycles. The van der Waals surface area contributed by atoms with Gasteiger partial charge in [-0.2, -0.15) is 0 Å². The molecule has 10 heteroatoms. The second-order valence-corrected chi connectivity index (χ2v) is 9.98. The average molecular weight is 503 g/mol. The number of rotatable bonds is 12. The summed E-state index contributed by atoms with van der Waals surface area (Å²) in [5.74, 6) is -2.09. The topological polar surface area (TPSA) is 147 Å². The van der Waals surface area contributed by atoms with E-state index in [0.29, 0.717) is 23.4 Å². The summed E-state index contributed by atoms with van der Waals surface area (Å²) < 4.78 is 11.4. The molecule has 2 aromatic rings. The number of hydrogen-bond donors (Lipinski definition) is 3. The van der Waals surface area contributed by atoms with Crippen LogP contribution in [0.2, 0.25) is 0 Å². The van der Waals surface area contributed by atoms with Crippen molar-refractivity contribution in [2.45, 2.75) is 37.9 Å². The zero-order valence-corrected chi connectivity index (χ0v) is 20.9. The lowest BCUT2D eigenvalue weighted by Gasteiger charge is -2.29. The summed E-state index contributed by atoms with van der Waals surface area (Å²) in [5.41, 5.74) is 14.0. The van der Waals surface area contributed by atoms with Gasteiger partial charge in [0.25, 0.3) is 11.8 Å². The minimum absolute atomic E-state index is 0.0637. The van der Waals surface area contributed by atoms with E-state index < -0.39 is 40.7 Å². The minimum atomic E-state index is -1.23. The molecule has 0 heterocycles. The van der Waals surface area contributed by atoms with Gasteiger partial charge < -0.3 is 16.6 Å². The highest BCUT2D eigenvalue weighted by molar-refractivity contribution is 7.84. The molecule has 0 aliphatic rings. The molecule has 3 unspecified atom stereocenters. The summed E-state index contributed by atoms with van der Waals surface area (Å²) in [7, 11) is 0.538. The molecule has 5 N–H and O–H groups in total. The summed E-state index contributed by atoms with van der Waals surface area (Å²) >= 11 is 0. The molecule has 190 valence electrons. The number of amides is 3. The van der Waals surface area contributed by atoms with Crippen molar-refractivity contribution < 1.29 is 23.7 Å². The Bertz CT molecular complexity index is 1020. The fourth-order valence-corrected chi connectivity index (χ4v) is 3.99. The molecule has 9 nitrogen and oxygen atoms in total. The van der Waals surface area contributed by atoms with Crippen molar-refractivity contribution in [3.05, 3.63) is 65.7 Å². The predicted octanol–water partition coefficient (Wildman–Crippen LogP) is 0.762. The van der Waals surface area contributed by atoms with Gasteiger partial charge in [-0.1, -0.05) is 42.5 Å². The van der Waals surface area contributed by atoms with Crippen LogP contribution >= 0.6 is 0 Å². The molecule has 0 saturated carbocycles. The molecule has 0 spiro atoms. The van der Waals surface area contributed by atoms with Gasteiger partial charge in [0.15, 0.2) is 0 Å². The van der Waals surface area contributed by atoms with Crippen molar-refractivity contribution in [2.24, 2.45) is 11.5 Å². The predicted molar refractivity (Wildman–Crippen MR) is 136 cm³/mol. The molecule has 0 aliphatic heterocycles. The zero-order chi connectivity index (χ0) is 26.0. The van der Waals surface area contributed by atoms with Gasteiger partial charge >= 0.3 is 0 Å². The lowest BCUT2D eigenvalue weighted by Crippen LogP contribution is -2.59. The first-order valence-electron chi connectivity index (χ1n) is 11.3. The number of carbonyl (C=O) groups is 3. The van der Waals surface area contributed by atoms with Crippen LogP contribution in [-0.2, 0) is 38.0 Å². The highest BCUT2D eigenvalue weighted by Gasteiger charge is 2.36. The molecule has 35 heavy (non-hydrogen) atoms. The first kappa shape index (κ1) is 28.3. The fourth-order valence-electron chi connectivity index (χ4n) is 3.44. The van der Waals surface area contributed by atoms with Gasteiger partial charge in [-0.05, 0) is 49.6 Å². The largest absolute Gasteiger partial charge is 0.508 e. The highest BCUT2D eigenvalue weighted by atomic mass is 32.2. The quantitative estimate of drug-likeness (QED) is 0.361. The first-order valence-corrected chi connectivity index (χ1v) is 13.1. The van der Waals surface area contributed by atoms with Gasteiger partial charge in [-0.25, -0.2) is 4.90 Å². The van der Waals surface area contributed by atoms with Crippen molar-refractivity contribution in [3.8, 4) is 5.75 Å². The Kier molecular flexibility index (Phi) is 11.2. The van der Waals surface area contributed by atoms with E-state index in [1.165, 1.54) is 18.4 Å². The lowest BCUT2D eigenvalue weighted by atomic mass is 10.0. The smallest absolute Gasteiger partial charge is 0.267 e. The van der Waals surface area contributed by atoms with Crippen molar-refractivity contribution in [1.82, 2.24) is 9.80 Å². The van der Waals surface area contributed by atoms with Crippen molar-refractivity contribution in [1.29, 1.82) is 0 Å². The van der Waals surface area contributed by atoms with Crippen molar-refractivity contribution in [3.63, 3.8) is 0 Å². The maximum atomic E-state index is 13.2. The van der Waals surface area contributed by atoms with Crippen LogP contribution in [0.1, 0.15) is 24.0 Å². The van der Waals surface area contributed by atoms with Gasteiger partial charge in [0.1, 0.15) is 11.9 Å². The Hall–Kier alpha value is -2.92. The monoisotopic (exact) mass is 502 g/mol. The molecule has 0 bridgehead atoms. The van der Waals surface area contributed by atoms with E-state index in [2.05, 4.69) is 0 Å². The SMILES string of the molecule is CN(CCc1ccccc1)C(N)C(=O)N(C(=O)CCCS(C)=O)C(=O)C(N)Cc1ccc(O)cc1. The maximum absolute atomic E-state index is 13.2. The second kappa shape index (κ2) is 13.8. The first-order chi connectivity index (χ1) is 16.6. The van der Waals surface area contributed by atoms with E-state index >= 15 is 0 Å². The Morgan fingerprint density at radius 1 is 0.971 bits per heavy atom. The normalized spacial score (nSPS) is 13.7. The molecule has 0 saturated heterocycles. The molecular weight excluding hydrogens is 468 g/mol. The number of likely N-dealkylation sites (N-methyl/N-ethyl adjacent to an activating group) is 1. The van der Waals surface area contributed by atoms with Gasteiger partial charge in [0.2, 0.25) is 5.91 Å². The average Bonchev–Trinajstić information content (AvgIpc) is 2.83. The van der Waals surface area contributed by atoms with E-state index in [-0.39, 0.29) is 30.8 Å². The molecular formula is C25H34N4O5S. The minimum Gasteiger partial charge on any atom is -0.508 e. The summed E-state index contributed by atoms with van der Waals surface area (Å²) in [6.07, 6.45) is 1.10. The third kappa shape index (κ3) is 8.99. The summed E-state index contributed by atoms with van der Waals surface area (Å²) in [6.45, 7) is 0.432. The van der Waals surface area contributed by atoms with Crippen molar-refractivity contribution >= 4 is 28.5 Å². The molecule has 2 aromatic carbocycles. The Labute approximate surface area is 208 Å². The highest BCUT2D eigenvalue weighted by Crippen LogP contribution is 2.13. The third-order valence-electron chi connectivity index (χ3n) is 5.55.